The van der Waals surface area contributed by atoms with Crippen molar-refractivity contribution < 1.29 is 4.79 Å². The van der Waals surface area contributed by atoms with Crippen molar-refractivity contribution in [3.8, 4) is 22.9 Å². The van der Waals surface area contributed by atoms with E-state index >= 15 is 0 Å². The Bertz CT molecular complexity index is 789. The smallest absolute Gasteiger partial charge is 0.221 e. The number of aromatic nitrogens is 5. The molecule has 108 valence electrons. The summed E-state index contributed by atoms with van der Waals surface area (Å²) in [4.78, 5) is 23.7. The van der Waals surface area contributed by atoms with Crippen LogP contribution in [0.3, 0.4) is 0 Å². The maximum Gasteiger partial charge on any atom is 0.221 e. The van der Waals surface area contributed by atoms with Crippen molar-refractivity contribution in [2.45, 2.75) is 6.92 Å². The molecular formula is C15H12N6O. The lowest BCUT2D eigenvalue weighted by atomic mass is 10.2. The number of nitrogens with zero attached hydrogens (tertiary/aromatic N) is 5. The third-order valence-electron chi connectivity index (χ3n) is 2.80. The van der Waals surface area contributed by atoms with Crippen molar-refractivity contribution in [1.29, 1.82) is 0 Å². The van der Waals surface area contributed by atoms with Crippen LogP contribution in [0.4, 0.5) is 5.69 Å². The second-order valence-corrected chi connectivity index (χ2v) is 4.49. The van der Waals surface area contributed by atoms with Crippen molar-refractivity contribution >= 4 is 11.6 Å². The fraction of sp³-hybridized carbons (Fsp3) is 0.0667. The number of carbonyl (C=O) groups is 1. The number of hydrogen-bond acceptors (Lipinski definition) is 6. The van der Waals surface area contributed by atoms with E-state index in [0.29, 0.717) is 28.6 Å². The van der Waals surface area contributed by atoms with Crippen LogP contribution in [0.1, 0.15) is 6.92 Å². The van der Waals surface area contributed by atoms with E-state index in [9.17, 15) is 4.79 Å². The van der Waals surface area contributed by atoms with Gasteiger partial charge in [-0.2, -0.15) is 0 Å². The number of anilines is 1. The summed E-state index contributed by atoms with van der Waals surface area (Å²) in [6.07, 6.45) is 4.84. The Hall–Kier alpha value is -3.22. The average molecular weight is 292 g/mol. The van der Waals surface area contributed by atoms with Gasteiger partial charge in [0.15, 0.2) is 5.82 Å². The monoisotopic (exact) mass is 292 g/mol. The second-order valence-electron chi connectivity index (χ2n) is 4.49. The fourth-order valence-electron chi connectivity index (χ4n) is 1.86. The summed E-state index contributed by atoms with van der Waals surface area (Å²) in [5.41, 5.74) is 2.40. The number of pyridine rings is 2. The molecule has 7 heteroatoms. The van der Waals surface area contributed by atoms with E-state index < -0.39 is 0 Å². The van der Waals surface area contributed by atoms with Gasteiger partial charge < -0.3 is 5.32 Å². The highest BCUT2D eigenvalue weighted by Crippen LogP contribution is 2.18. The molecule has 3 rings (SSSR count). The van der Waals surface area contributed by atoms with Crippen LogP contribution in [0.5, 0.6) is 0 Å². The van der Waals surface area contributed by atoms with Crippen LogP contribution in [-0.4, -0.2) is 31.1 Å². The third-order valence-corrected chi connectivity index (χ3v) is 2.80. The maximum absolute atomic E-state index is 11.1. The zero-order chi connectivity index (χ0) is 15.4. The van der Waals surface area contributed by atoms with Crippen LogP contribution >= 0.6 is 0 Å². The molecule has 0 radical (unpaired) electrons. The molecule has 0 aliphatic rings. The number of amides is 1. The minimum absolute atomic E-state index is 0.146. The predicted octanol–water partition coefficient (Wildman–Crippen LogP) is 1.95. The van der Waals surface area contributed by atoms with Gasteiger partial charge in [-0.25, -0.2) is 4.98 Å². The van der Waals surface area contributed by atoms with Crippen LogP contribution in [-0.2, 0) is 4.79 Å². The highest BCUT2D eigenvalue weighted by molar-refractivity contribution is 5.89. The molecule has 3 aromatic heterocycles. The summed E-state index contributed by atoms with van der Waals surface area (Å²) in [7, 11) is 0. The molecule has 3 heterocycles. The molecule has 22 heavy (non-hydrogen) atoms. The van der Waals surface area contributed by atoms with Crippen LogP contribution in [0.25, 0.3) is 22.9 Å². The lowest BCUT2D eigenvalue weighted by Crippen LogP contribution is -2.06. The van der Waals surface area contributed by atoms with Crippen LogP contribution < -0.4 is 5.32 Å². The first-order chi connectivity index (χ1) is 10.7. The maximum atomic E-state index is 11.1. The molecule has 7 nitrogen and oxygen atoms in total. The molecule has 0 aliphatic heterocycles. The van der Waals surface area contributed by atoms with E-state index in [2.05, 4.69) is 30.5 Å². The molecule has 0 unspecified atom stereocenters. The molecule has 0 atom stereocenters. The first-order valence-corrected chi connectivity index (χ1v) is 6.57. The van der Waals surface area contributed by atoms with Crippen LogP contribution in [0.2, 0.25) is 0 Å². The topological polar surface area (TPSA) is 93.6 Å². The second kappa shape index (κ2) is 6.04. The van der Waals surface area contributed by atoms with Crippen LogP contribution in [0, 0.1) is 0 Å². The SMILES string of the molecule is CC(=O)Nc1ccnc(-c2cnc(-c3ccccn3)nn2)c1. The third kappa shape index (κ3) is 3.09. The summed E-state index contributed by atoms with van der Waals surface area (Å²) < 4.78 is 0. The van der Waals surface area contributed by atoms with Gasteiger partial charge in [0.25, 0.3) is 0 Å². The summed E-state index contributed by atoms with van der Waals surface area (Å²) in [5.74, 6) is 0.300. The highest BCUT2D eigenvalue weighted by atomic mass is 16.1. The Kier molecular flexibility index (Phi) is 3.78. The molecule has 1 amide bonds. The standard InChI is InChI=1S/C15H12N6O/c1-10(22)19-11-5-7-17-13(8-11)14-9-18-15(21-20-14)12-4-2-3-6-16-12/h2-9H,1H3,(H,17,19,22). The predicted molar refractivity (Wildman–Crippen MR) is 80.6 cm³/mol. The molecule has 0 saturated carbocycles. The van der Waals surface area contributed by atoms with Gasteiger partial charge in [0.05, 0.1) is 11.9 Å². The number of nitrogens with one attached hydrogen (secondary N) is 1. The molecule has 3 aromatic rings. The Balaban J connectivity index is 1.88. The first-order valence-electron chi connectivity index (χ1n) is 6.57. The highest BCUT2D eigenvalue weighted by Gasteiger charge is 2.07. The van der Waals surface area contributed by atoms with E-state index in [1.54, 1.807) is 30.7 Å². The van der Waals surface area contributed by atoms with Crippen molar-refractivity contribution in [3.63, 3.8) is 0 Å². The molecule has 0 saturated heterocycles. The van der Waals surface area contributed by atoms with Gasteiger partial charge in [-0.15, -0.1) is 10.2 Å². The lowest BCUT2D eigenvalue weighted by molar-refractivity contribution is -0.114. The molecule has 0 aliphatic carbocycles. The number of rotatable bonds is 3. The molecule has 0 bridgehead atoms. The lowest BCUT2D eigenvalue weighted by Gasteiger charge is -2.04. The minimum atomic E-state index is -0.146. The molecular weight excluding hydrogens is 280 g/mol. The Morgan fingerprint density at radius 2 is 1.82 bits per heavy atom. The van der Waals surface area contributed by atoms with E-state index in [0.717, 1.165) is 0 Å². The Labute approximate surface area is 126 Å². The van der Waals surface area contributed by atoms with Crippen molar-refractivity contribution in [1.82, 2.24) is 25.1 Å². The van der Waals surface area contributed by atoms with E-state index in [-0.39, 0.29) is 5.91 Å². The Morgan fingerprint density at radius 3 is 2.50 bits per heavy atom. The average Bonchev–Trinajstić information content (AvgIpc) is 2.55. The van der Waals surface area contributed by atoms with E-state index in [1.165, 1.54) is 6.92 Å². The van der Waals surface area contributed by atoms with Gasteiger partial charge in [0.1, 0.15) is 11.4 Å². The van der Waals surface area contributed by atoms with Gasteiger partial charge in [-0.05, 0) is 24.3 Å². The van der Waals surface area contributed by atoms with Crippen LogP contribution in [0.15, 0.2) is 48.9 Å². The summed E-state index contributed by atoms with van der Waals surface area (Å²) in [6.45, 7) is 1.45. The van der Waals surface area contributed by atoms with E-state index in [4.69, 9.17) is 0 Å². The zero-order valence-corrected chi connectivity index (χ0v) is 11.8. The summed E-state index contributed by atoms with van der Waals surface area (Å²) in [6, 6.07) is 8.91. The van der Waals surface area contributed by atoms with Gasteiger partial charge >= 0.3 is 0 Å². The number of hydrogen-bond donors (Lipinski definition) is 1. The minimum Gasteiger partial charge on any atom is -0.326 e. The van der Waals surface area contributed by atoms with Gasteiger partial charge in [-0.3, -0.25) is 14.8 Å². The fourth-order valence-corrected chi connectivity index (χ4v) is 1.86. The summed E-state index contributed by atoms with van der Waals surface area (Å²) >= 11 is 0. The van der Waals surface area contributed by atoms with E-state index in [1.807, 2.05) is 18.2 Å². The first kappa shape index (κ1) is 13.7. The number of carbonyl (C=O) groups excluding carboxylic acids is 1. The van der Waals surface area contributed by atoms with Crippen molar-refractivity contribution in [2.75, 3.05) is 5.32 Å². The normalized spacial score (nSPS) is 10.2. The quantitative estimate of drug-likeness (QED) is 0.793. The van der Waals surface area contributed by atoms with Crippen molar-refractivity contribution in [3.05, 3.63) is 48.9 Å². The summed E-state index contributed by atoms with van der Waals surface area (Å²) in [5, 5.41) is 10.9. The molecule has 0 fully saturated rings. The molecule has 0 aromatic carbocycles. The largest absolute Gasteiger partial charge is 0.326 e. The van der Waals surface area contributed by atoms with Gasteiger partial charge in [0.2, 0.25) is 5.91 Å². The van der Waals surface area contributed by atoms with Gasteiger partial charge in [0, 0.05) is 25.0 Å². The van der Waals surface area contributed by atoms with Gasteiger partial charge in [-0.1, -0.05) is 6.07 Å². The van der Waals surface area contributed by atoms with Crippen molar-refractivity contribution in [2.24, 2.45) is 0 Å². The molecule has 1 N–H and O–H groups in total. The Morgan fingerprint density at radius 1 is 0.955 bits per heavy atom. The zero-order valence-electron chi connectivity index (χ0n) is 11.8. The molecule has 0 spiro atoms.